The predicted octanol–water partition coefficient (Wildman–Crippen LogP) is 1.30. The Morgan fingerprint density at radius 3 is 2.77 bits per heavy atom. The minimum atomic E-state index is 0.855. The second kappa shape index (κ2) is 3.66. The molecule has 13 heavy (non-hydrogen) atoms. The van der Waals surface area contributed by atoms with Gasteiger partial charge in [-0.25, -0.2) is 5.84 Å². The number of fused-ring (bicyclic) bond motifs is 2. The molecule has 0 spiro atoms. The summed E-state index contributed by atoms with van der Waals surface area (Å²) < 4.78 is 0. The van der Waals surface area contributed by atoms with Crippen LogP contribution in [-0.4, -0.2) is 12.9 Å². The van der Waals surface area contributed by atoms with Gasteiger partial charge in [-0.2, -0.15) is 0 Å². The molecule has 3 nitrogen and oxygen atoms in total. The topological polar surface area (TPSA) is 50.4 Å². The van der Waals surface area contributed by atoms with E-state index in [0.29, 0.717) is 0 Å². The van der Waals surface area contributed by atoms with Crippen LogP contribution in [0.3, 0.4) is 0 Å². The molecule has 3 heteroatoms. The van der Waals surface area contributed by atoms with Gasteiger partial charge in [-0.3, -0.25) is 4.99 Å². The Labute approximate surface area is 79.8 Å². The first-order valence-corrected chi connectivity index (χ1v) is 5.25. The van der Waals surface area contributed by atoms with Crippen molar-refractivity contribution in [1.82, 2.24) is 5.43 Å². The molecule has 3 unspecified atom stereocenters. The molecule has 0 radical (unpaired) electrons. The molecule has 0 aromatic rings. The third kappa shape index (κ3) is 1.70. The molecule has 3 N–H and O–H groups in total. The van der Waals surface area contributed by atoms with Crippen LogP contribution in [0, 0.1) is 17.8 Å². The van der Waals surface area contributed by atoms with Crippen molar-refractivity contribution in [3.8, 4) is 0 Å². The minimum absolute atomic E-state index is 0.855. The first-order valence-electron chi connectivity index (χ1n) is 5.25. The van der Waals surface area contributed by atoms with E-state index >= 15 is 0 Å². The zero-order valence-electron chi connectivity index (χ0n) is 8.29. The molecule has 3 atom stereocenters. The van der Waals surface area contributed by atoms with E-state index in [4.69, 9.17) is 5.84 Å². The van der Waals surface area contributed by atoms with Gasteiger partial charge in [0, 0.05) is 13.5 Å². The average Bonchev–Trinajstić information content (AvgIpc) is 2.75. The molecular formula is C10H19N3. The molecule has 2 fully saturated rings. The van der Waals surface area contributed by atoms with Crippen LogP contribution in [0.1, 0.15) is 32.1 Å². The van der Waals surface area contributed by atoms with Crippen LogP contribution in [0.25, 0.3) is 0 Å². The predicted molar refractivity (Wildman–Crippen MR) is 54.2 cm³/mol. The van der Waals surface area contributed by atoms with Gasteiger partial charge in [0.15, 0.2) is 0 Å². The van der Waals surface area contributed by atoms with E-state index in [2.05, 4.69) is 10.4 Å². The Morgan fingerprint density at radius 2 is 2.31 bits per heavy atom. The Bertz CT molecular complexity index is 212. The zero-order valence-corrected chi connectivity index (χ0v) is 8.29. The first-order chi connectivity index (χ1) is 6.33. The van der Waals surface area contributed by atoms with E-state index in [1.807, 2.05) is 7.05 Å². The third-order valence-electron chi connectivity index (χ3n) is 3.78. The van der Waals surface area contributed by atoms with E-state index in [1.54, 1.807) is 0 Å². The quantitative estimate of drug-likeness (QED) is 0.292. The fourth-order valence-corrected chi connectivity index (χ4v) is 3.09. The maximum Gasteiger partial charge on any atom is 0.110 e. The van der Waals surface area contributed by atoms with Crippen molar-refractivity contribution >= 4 is 5.84 Å². The van der Waals surface area contributed by atoms with Gasteiger partial charge in [0.05, 0.1) is 0 Å². The largest absolute Gasteiger partial charge is 0.312 e. The van der Waals surface area contributed by atoms with Gasteiger partial charge in [0.25, 0.3) is 0 Å². The highest BCUT2D eigenvalue weighted by atomic mass is 15.2. The number of hydrogen-bond acceptors (Lipinski definition) is 2. The number of hydrazine groups is 1. The molecule has 0 aliphatic heterocycles. The number of amidine groups is 1. The number of nitrogens with one attached hydrogen (secondary N) is 1. The Kier molecular flexibility index (Phi) is 2.54. The molecule has 0 amide bonds. The van der Waals surface area contributed by atoms with Crippen molar-refractivity contribution < 1.29 is 0 Å². The lowest BCUT2D eigenvalue weighted by Gasteiger charge is -2.21. The van der Waals surface area contributed by atoms with Gasteiger partial charge >= 0.3 is 0 Å². The van der Waals surface area contributed by atoms with Crippen molar-refractivity contribution in [3.63, 3.8) is 0 Å². The van der Waals surface area contributed by atoms with E-state index in [9.17, 15) is 0 Å². The lowest BCUT2D eigenvalue weighted by molar-refractivity contribution is 0.341. The fraction of sp³-hybridized carbons (Fsp3) is 0.900. The minimum Gasteiger partial charge on any atom is -0.312 e. The Hall–Kier alpha value is -0.570. The summed E-state index contributed by atoms with van der Waals surface area (Å²) in [4.78, 5) is 4.13. The first kappa shape index (κ1) is 9.00. The van der Waals surface area contributed by atoms with E-state index in [-0.39, 0.29) is 0 Å². The summed E-state index contributed by atoms with van der Waals surface area (Å²) in [6.45, 7) is 0. The van der Waals surface area contributed by atoms with Gasteiger partial charge < -0.3 is 5.43 Å². The normalized spacial score (nSPS) is 38.3. The van der Waals surface area contributed by atoms with Gasteiger partial charge in [-0.15, -0.1) is 0 Å². The van der Waals surface area contributed by atoms with Crippen LogP contribution in [-0.2, 0) is 0 Å². The summed E-state index contributed by atoms with van der Waals surface area (Å²) in [5.74, 6) is 9.19. The molecule has 2 aliphatic rings. The highest BCUT2D eigenvalue weighted by Crippen LogP contribution is 2.49. The molecule has 2 bridgehead atoms. The van der Waals surface area contributed by atoms with Crippen molar-refractivity contribution in [2.75, 3.05) is 7.05 Å². The lowest BCUT2D eigenvalue weighted by Crippen LogP contribution is -2.32. The zero-order chi connectivity index (χ0) is 9.26. The summed E-state index contributed by atoms with van der Waals surface area (Å²) in [6, 6.07) is 0. The summed E-state index contributed by atoms with van der Waals surface area (Å²) in [5, 5.41) is 0. The van der Waals surface area contributed by atoms with Gasteiger partial charge in [0.2, 0.25) is 0 Å². The summed E-state index contributed by atoms with van der Waals surface area (Å²) in [5.41, 5.74) is 2.69. The van der Waals surface area contributed by atoms with Crippen LogP contribution < -0.4 is 11.3 Å². The van der Waals surface area contributed by atoms with Crippen LogP contribution in [0.2, 0.25) is 0 Å². The molecule has 0 aromatic heterocycles. The second-order valence-electron chi connectivity index (χ2n) is 4.45. The van der Waals surface area contributed by atoms with Crippen molar-refractivity contribution in [2.24, 2.45) is 28.6 Å². The van der Waals surface area contributed by atoms with Crippen LogP contribution in [0.4, 0.5) is 0 Å². The number of nitrogens with two attached hydrogens (primary N) is 1. The van der Waals surface area contributed by atoms with Crippen LogP contribution in [0.15, 0.2) is 4.99 Å². The molecule has 74 valence electrons. The monoisotopic (exact) mass is 181 g/mol. The third-order valence-corrected chi connectivity index (χ3v) is 3.78. The molecule has 0 aromatic carbocycles. The number of aliphatic imine (C=N–C) groups is 1. The SMILES string of the molecule is CN=C(CC1CC2CCC1C2)NN. The van der Waals surface area contributed by atoms with Crippen molar-refractivity contribution in [3.05, 3.63) is 0 Å². The lowest BCUT2D eigenvalue weighted by atomic mass is 9.86. The van der Waals surface area contributed by atoms with Crippen LogP contribution >= 0.6 is 0 Å². The van der Waals surface area contributed by atoms with Gasteiger partial charge in [-0.1, -0.05) is 6.42 Å². The van der Waals surface area contributed by atoms with E-state index < -0.39 is 0 Å². The summed E-state index contributed by atoms with van der Waals surface area (Å²) >= 11 is 0. The number of hydrogen-bond donors (Lipinski definition) is 2. The fourth-order valence-electron chi connectivity index (χ4n) is 3.09. The molecular weight excluding hydrogens is 162 g/mol. The van der Waals surface area contributed by atoms with E-state index in [0.717, 1.165) is 30.0 Å². The van der Waals surface area contributed by atoms with Crippen LogP contribution in [0.5, 0.6) is 0 Å². The van der Waals surface area contributed by atoms with Crippen molar-refractivity contribution in [1.29, 1.82) is 0 Å². The molecule has 2 saturated carbocycles. The maximum absolute atomic E-state index is 5.38. The highest BCUT2D eigenvalue weighted by molar-refractivity contribution is 5.81. The van der Waals surface area contributed by atoms with E-state index in [1.165, 1.54) is 25.7 Å². The Balaban J connectivity index is 1.89. The smallest absolute Gasteiger partial charge is 0.110 e. The Morgan fingerprint density at radius 1 is 1.46 bits per heavy atom. The van der Waals surface area contributed by atoms with Gasteiger partial charge in [0.1, 0.15) is 5.84 Å². The molecule has 2 aliphatic carbocycles. The molecule has 2 rings (SSSR count). The standard InChI is InChI=1S/C10H19N3/c1-12-10(13-11)6-9-5-7-2-3-8(9)4-7/h7-9H,2-6,11H2,1H3,(H,12,13). The second-order valence-corrected chi connectivity index (χ2v) is 4.45. The maximum atomic E-state index is 5.38. The summed E-state index contributed by atoms with van der Waals surface area (Å²) in [7, 11) is 1.81. The number of rotatable bonds is 2. The molecule has 0 saturated heterocycles. The molecule has 0 heterocycles. The highest BCUT2D eigenvalue weighted by Gasteiger charge is 2.39. The average molecular weight is 181 g/mol. The van der Waals surface area contributed by atoms with Gasteiger partial charge in [-0.05, 0) is 37.0 Å². The number of nitrogens with zero attached hydrogens (tertiary/aromatic N) is 1. The summed E-state index contributed by atoms with van der Waals surface area (Å²) in [6.07, 6.45) is 6.85. The van der Waals surface area contributed by atoms with Crippen molar-refractivity contribution in [2.45, 2.75) is 32.1 Å².